The molecule has 2 atom stereocenters. The summed E-state index contributed by atoms with van der Waals surface area (Å²) in [7, 11) is 0. The van der Waals surface area contributed by atoms with E-state index in [2.05, 4.69) is 15.6 Å². The Morgan fingerprint density at radius 1 is 1.08 bits per heavy atom. The van der Waals surface area contributed by atoms with E-state index in [1.54, 1.807) is 24.4 Å². The fraction of sp³-hybridized carbons (Fsp3) is 0.179. The molecule has 1 fully saturated rings. The van der Waals surface area contributed by atoms with Gasteiger partial charge in [0, 0.05) is 35.4 Å². The summed E-state index contributed by atoms with van der Waals surface area (Å²) in [6, 6.07) is 20.9. The highest BCUT2D eigenvalue weighted by molar-refractivity contribution is 7.80. The van der Waals surface area contributed by atoms with Crippen LogP contribution >= 0.6 is 23.8 Å². The second kappa shape index (κ2) is 10.3. The van der Waals surface area contributed by atoms with Crippen LogP contribution in [0, 0.1) is 11.7 Å². The summed E-state index contributed by atoms with van der Waals surface area (Å²) < 4.78 is 16.1. The Labute approximate surface area is 225 Å². The second-order valence-electron chi connectivity index (χ2n) is 9.09. The Kier molecular flexibility index (Phi) is 6.95. The van der Waals surface area contributed by atoms with Crippen molar-refractivity contribution in [3.05, 3.63) is 107 Å². The molecule has 1 aliphatic heterocycles. The molecule has 2 N–H and O–H groups in total. The van der Waals surface area contributed by atoms with Crippen LogP contribution in [0.15, 0.2) is 85.2 Å². The van der Waals surface area contributed by atoms with Crippen LogP contribution in [0.2, 0.25) is 5.02 Å². The topological polar surface area (TPSA) is 62.2 Å². The summed E-state index contributed by atoms with van der Waals surface area (Å²) >= 11 is 12.4. The van der Waals surface area contributed by atoms with E-state index in [0.29, 0.717) is 21.5 Å². The minimum Gasteiger partial charge on any atom is -0.351 e. The maximum absolute atomic E-state index is 14.1. The molecule has 1 aliphatic rings. The first-order valence-electron chi connectivity index (χ1n) is 11.9. The van der Waals surface area contributed by atoms with Crippen molar-refractivity contribution in [3.63, 3.8) is 0 Å². The van der Waals surface area contributed by atoms with Crippen LogP contribution in [0.5, 0.6) is 0 Å². The SMILES string of the molecule is CC(C)C(=O)Nc1ccc(N2C(=S)N[C@H](c3ccccn3)[C@@H]2c2cccn2-c2cccc(F)c2)cc1Cl. The Hall–Kier alpha value is -3.75. The number of pyridine rings is 1. The number of aromatic nitrogens is 2. The van der Waals surface area contributed by atoms with Gasteiger partial charge in [-0.2, -0.15) is 0 Å². The van der Waals surface area contributed by atoms with E-state index >= 15 is 0 Å². The summed E-state index contributed by atoms with van der Waals surface area (Å²) in [5.41, 5.74) is 3.68. The summed E-state index contributed by atoms with van der Waals surface area (Å²) in [6.45, 7) is 3.64. The third kappa shape index (κ3) is 4.95. The van der Waals surface area contributed by atoms with E-state index in [4.69, 9.17) is 23.8 Å². The Morgan fingerprint density at radius 2 is 1.92 bits per heavy atom. The number of benzene rings is 2. The highest BCUT2D eigenvalue weighted by Gasteiger charge is 2.42. The van der Waals surface area contributed by atoms with Crippen LogP contribution < -0.4 is 15.5 Å². The van der Waals surface area contributed by atoms with E-state index in [1.165, 1.54) is 12.1 Å². The zero-order valence-corrected chi connectivity index (χ0v) is 21.8. The number of carbonyl (C=O) groups excluding carboxylic acids is 1. The van der Waals surface area contributed by atoms with Crippen molar-refractivity contribution >= 4 is 46.2 Å². The molecule has 2 aromatic heterocycles. The number of nitrogens with one attached hydrogen (secondary N) is 2. The highest BCUT2D eigenvalue weighted by Crippen LogP contribution is 2.43. The zero-order chi connectivity index (χ0) is 26.1. The van der Waals surface area contributed by atoms with Crippen LogP contribution in [0.3, 0.4) is 0 Å². The monoisotopic (exact) mass is 533 g/mol. The lowest BCUT2D eigenvalue weighted by Crippen LogP contribution is -2.30. The number of thiocarbonyl (C=S) groups is 1. The van der Waals surface area contributed by atoms with Gasteiger partial charge >= 0.3 is 0 Å². The lowest BCUT2D eigenvalue weighted by molar-refractivity contribution is -0.118. The first-order chi connectivity index (χ1) is 17.8. The average molecular weight is 534 g/mol. The molecule has 0 unspecified atom stereocenters. The van der Waals surface area contributed by atoms with Crippen LogP contribution in [0.4, 0.5) is 15.8 Å². The summed E-state index contributed by atoms with van der Waals surface area (Å²) in [5, 5.41) is 7.18. The maximum atomic E-state index is 14.1. The predicted octanol–water partition coefficient (Wildman–Crippen LogP) is 6.44. The molecule has 0 radical (unpaired) electrons. The van der Waals surface area contributed by atoms with Crippen LogP contribution in [-0.2, 0) is 4.79 Å². The quantitative estimate of drug-likeness (QED) is 0.279. The Balaban J connectivity index is 1.60. The standard InChI is InChI=1S/C28H25ClFN5OS/c1-17(2)27(36)32-22-12-11-20(16-21(22)29)35-26(25(33-28(35)37)23-9-3-4-13-31-23)24-10-6-14-34(24)19-8-5-7-18(30)15-19/h3-17,25-26H,1-2H3,(H,32,36)(H,33,37)/t25-,26+/m1/s1. The van der Waals surface area contributed by atoms with Gasteiger partial charge < -0.3 is 20.1 Å². The molecule has 3 heterocycles. The van der Waals surface area contributed by atoms with Gasteiger partial charge in [0.2, 0.25) is 5.91 Å². The maximum Gasteiger partial charge on any atom is 0.226 e. The van der Waals surface area contributed by atoms with Gasteiger partial charge in [-0.25, -0.2) is 4.39 Å². The molecule has 0 bridgehead atoms. The molecule has 37 heavy (non-hydrogen) atoms. The molecule has 1 amide bonds. The highest BCUT2D eigenvalue weighted by atomic mass is 35.5. The second-order valence-corrected chi connectivity index (χ2v) is 9.88. The van der Waals surface area contributed by atoms with Crippen LogP contribution in [0.1, 0.15) is 37.3 Å². The van der Waals surface area contributed by atoms with E-state index in [9.17, 15) is 9.18 Å². The van der Waals surface area contributed by atoms with Gasteiger partial charge in [-0.3, -0.25) is 9.78 Å². The molecule has 0 saturated carbocycles. The van der Waals surface area contributed by atoms with Crippen LogP contribution in [0.25, 0.3) is 5.69 Å². The third-order valence-electron chi connectivity index (χ3n) is 6.28. The molecular weight excluding hydrogens is 509 g/mol. The largest absolute Gasteiger partial charge is 0.351 e. The van der Waals surface area contributed by atoms with Crippen molar-refractivity contribution in [3.8, 4) is 5.69 Å². The number of rotatable bonds is 6. The fourth-order valence-corrected chi connectivity index (χ4v) is 5.03. The number of hydrogen-bond acceptors (Lipinski definition) is 3. The van der Waals surface area contributed by atoms with Crippen molar-refractivity contribution in [2.45, 2.75) is 25.9 Å². The van der Waals surface area contributed by atoms with E-state index in [-0.39, 0.29) is 29.7 Å². The number of anilines is 2. The molecule has 9 heteroatoms. The molecule has 6 nitrogen and oxygen atoms in total. The van der Waals surface area contributed by atoms with Gasteiger partial charge in [0.1, 0.15) is 11.9 Å². The minimum absolute atomic E-state index is 0.117. The van der Waals surface area contributed by atoms with Crippen molar-refractivity contribution in [1.82, 2.24) is 14.9 Å². The van der Waals surface area contributed by atoms with Gasteiger partial charge in [-0.05, 0) is 72.9 Å². The van der Waals surface area contributed by atoms with Gasteiger partial charge in [0.15, 0.2) is 5.11 Å². The molecule has 5 rings (SSSR count). The summed E-state index contributed by atoms with van der Waals surface area (Å²) in [4.78, 5) is 18.8. The van der Waals surface area contributed by atoms with E-state index in [1.807, 2.05) is 72.0 Å². The zero-order valence-electron chi connectivity index (χ0n) is 20.2. The molecule has 0 aliphatic carbocycles. The molecule has 188 valence electrons. The predicted molar refractivity (Wildman–Crippen MR) is 149 cm³/mol. The van der Waals surface area contributed by atoms with Crippen molar-refractivity contribution in [1.29, 1.82) is 0 Å². The molecule has 1 saturated heterocycles. The summed E-state index contributed by atoms with van der Waals surface area (Å²) in [5.74, 6) is -0.611. The normalized spacial score (nSPS) is 17.2. The lowest BCUT2D eigenvalue weighted by atomic mass is 10.0. The average Bonchev–Trinajstić information content (AvgIpc) is 3.50. The van der Waals surface area contributed by atoms with E-state index < -0.39 is 0 Å². The van der Waals surface area contributed by atoms with Gasteiger partial charge in [-0.15, -0.1) is 0 Å². The first-order valence-corrected chi connectivity index (χ1v) is 12.7. The third-order valence-corrected chi connectivity index (χ3v) is 6.91. The number of nitrogens with zero attached hydrogens (tertiary/aromatic N) is 3. The summed E-state index contributed by atoms with van der Waals surface area (Å²) in [6.07, 6.45) is 3.64. The van der Waals surface area contributed by atoms with Crippen molar-refractivity contribution in [2.24, 2.45) is 5.92 Å². The molecular formula is C28H25ClFN5OS. The minimum atomic E-state index is -0.326. The smallest absolute Gasteiger partial charge is 0.226 e. The Morgan fingerprint density at radius 3 is 2.62 bits per heavy atom. The van der Waals surface area contributed by atoms with Crippen molar-refractivity contribution < 1.29 is 9.18 Å². The first kappa shape index (κ1) is 24.9. The van der Waals surface area contributed by atoms with Gasteiger partial charge in [-0.1, -0.05) is 37.6 Å². The number of halogens is 2. The molecule has 4 aromatic rings. The van der Waals surface area contributed by atoms with Gasteiger partial charge in [0.05, 0.1) is 22.4 Å². The molecule has 2 aromatic carbocycles. The van der Waals surface area contributed by atoms with Crippen LogP contribution in [-0.4, -0.2) is 20.6 Å². The number of hydrogen-bond donors (Lipinski definition) is 2. The fourth-order valence-electron chi connectivity index (χ4n) is 4.46. The van der Waals surface area contributed by atoms with E-state index in [0.717, 1.165) is 17.1 Å². The number of carbonyl (C=O) groups is 1. The lowest BCUT2D eigenvalue weighted by Gasteiger charge is -2.29. The molecule has 0 spiro atoms. The van der Waals surface area contributed by atoms with Crippen molar-refractivity contribution in [2.75, 3.05) is 10.2 Å². The van der Waals surface area contributed by atoms with Gasteiger partial charge in [0.25, 0.3) is 0 Å². The number of amides is 1. The Bertz CT molecular complexity index is 1460.